The van der Waals surface area contributed by atoms with Crippen LogP contribution in [-0.4, -0.2) is 49.3 Å². The van der Waals surface area contributed by atoms with Gasteiger partial charge in [0.25, 0.3) is 0 Å². The summed E-state index contributed by atoms with van der Waals surface area (Å²) in [5.74, 6) is 0. The van der Waals surface area contributed by atoms with Gasteiger partial charge in [0.2, 0.25) is 0 Å². The fourth-order valence-corrected chi connectivity index (χ4v) is 6.90. The van der Waals surface area contributed by atoms with E-state index in [-0.39, 0.29) is 0 Å². The molecule has 1 fully saturated rings. The minimum absolute atomic E-state index is 0.394. The van der Waals surface area contributed by atoms with Gasteiger partial charge in [0, 0.05) is 13.2 Å². The van der Waals surface area contributed by atoms with Crippen LogP contribution in [0.3, 0.4) is 0 Å². The SMILES string of the molecule is CCCCO[C@]1(CCC)[C@H](OCc2ccccc2)[C@@H](OCc2ccccc2)[C@H](OCc2ccccc2)[C@H](OCc2ccccc2)[C@@H]1OCCC. The molecule has 0 bridgehead atoms. The van der Waals surface area contributed by atoms with Crippen molar-refractivity contribution < 1.29 is 28.4 Å². The van der Waals surface area contributed by atoms with E-state index >= 15 is 0 Å². The van der Waals surface area contributed by atoms with Crippen molar-refractivity contribution in [2.45, 2.75) is 115 Å². The standard InChI is InChI=1S/C44H56O6/c1-4-7-30-50-44(28-5-2)42(45-29-6-3)40(47-32-36-22-14-9-15-23-36)39(46-31-35-20-12-8-13-21-35)41(48-33-37-24-16-10-17-25-37)43(44)49-34-38-26-18-11-19-27-38/h8-27,39-43H,4-7,28-34H2,1-3H3/t39-,40+,41+,42+,43-,44+/m1/s1. The van der Waals surface area contributed by atoms with Gasteiger partial charge in [0.15, 0.2) is 0 Å². The maximum Gasteiger partial charge on any atom is 0.126 e. The van der Waals surface area contributed by atoms with E-state index in [9.17, 15) is 0 Å². The van der Waals surface area contributed by atoms with Gasteiger partial charge in [0.05, 0.1) is 26.4 Å². The molecular weight excluding hydrogens is 624 g/mol. The van der Waals surface area contributed by atoms with Crippen molar-refractivity contribution in [2.24, 2.45) is 0 Å². The van der Waals surface area contributed by atoms with Crippen LogP contribution in [0.15, 0.2) is 121 Å². The predicted molar refractivity (Wildman–Crippen MR) is 199 cm³/mol. The van der Waals surface area contributed by atoms with Gasteiger partial charge < -0.3 is 28.4 Å². The summed E-state index contributed by atoms with van der Waals surface area (Å²) in [6.45, 7) is 9.27. The average molecular weight is 681 g/mol. The second kappa shape index (κ2) is 20.5. The van der Waals surface area contributed by atoms with E-state index in [1.807, 2.05) is 72.8 Å². The Labute approximate surface area is 300 Å². The second-order valence-corrected chi connectivity index (χ2v) is 13.2. The van der Waals surface area contributed by atoms with E-state index in [0.717, 1.165) is 47.9 Å². The van der Waals surface area contributed by atoms with Crippen molar-refractivity contribution in [2.75, 3.05) is 13.2 Å². The largest absolute Gasteiger partial charge is 0.372 e. The quantitative estimate of drug-likeness (QED) is 0.0818. The lowest BCUT2D eigenvalue weighted by atomic mass is 9.71. The van der Waals surface area contributed by atoms with Crippen LogP contribution in [0.2, 0.25) is 0 Å². The lowest BCUT2D eigenvalue weighted by Gasteiger charge is -2.56. The molecule has 6 nitrogen and oxygen atoms in total. The summed E-state index contributed by atoms with van der Waals surface area (Å²) in [7, 11) is 0. The molecule has 0 aromatic heterocycles. The van der Waals surface area contributed by atoms with Crippen LogP contribution in [0, 0.1) is 0 Å². The molecule has 0 heterocycles. The van der Waals surface area contributed by atoms with E-state index < -0.39 is 36.1 Å². The van der Waals surface area contributed by atoms with Crippen molar-refractivity contribution >= 4 is 0 Å². The van der Waals surface area contributed by atoms with E-state index in [4.69, 9.17) is 28.4 Å². The van der Waals surface area contributed by atoms with Crippen LogP contribution in [-0.2, 0) is 54.8 Å². The molecule has 0 N–H and O–H groups in total. The van der Waals surface area contributed by atoms with Crippen LogP contribution in [0.25, 0.3) is 0 Å². The number of hydrogen-bond donors (Lipinski definition) is 0. The molecule has 4 aromatic rings. The van der Waals surface area contributed by atoms with Gasteiger partial charge in [-0.05, 0) is 41.5 Å². The number of hydrogen-bond acceptors (Lipinski definition) is 6. The Bertz CT molecular complexity index is 1450. The maximum absolute atomic E-state index is 7.17. The number of ether oxygens (including phenoxy) is 6. The Hall–Kier alpha value is -3.36. The lowest BCUT2D eigenvalue weighted by Crippen LogP contribution is -2.74. The maximum atomic E-state index is 7.17. The van der Waals surface area contributed by atoms with E-state index in [1.165, 1.54) is 0 Å². The van der Waals surface area contributed by atoms with Crippen LogP contribution in [0.1, 0.15) is 75.1 Å². The van der Waals surface area contributed by atoms with Crippen molar-refractivity contribution in [1.82, 2.24) is 0 Å². The lowest BCUT2D eigenvalue weighted by molar-refractivity contribution is -0.327. The normalized spacial score (nSPS) is 23.5. The van der Waals surface area contributed by atoms with Gasteiger partial charge in [-0.25, -0.2) is 0 Å². The fraction of sp³-hybridized carbons (Fsp3) is 0.455. The topological polar surface area (TPSA) is 55.4 Å². The minimum atomic E-state index is -0.858. The molecule has 5 rings (SSSR count). The first-order valence-corrected chi connectivity index (χ1v) is 18.6. The molecule has 6 atom stereocenters. The Morgan fingerprint density at radius 2 is 0.820 bits per heavy atom. The van der Waals surface area contributed by atoms with Crippen LogP contribution in [0.4, 0.5) is 0 Å². The second-order valence-electron chi connectivity index (χ2n) is 13.2. The van der Waals surface area contributed by atoms with E-state index in [1.54, 1.807) is 0 Å². The summed E-state index contributed by atoms with van der Waals surface area (Å²) in [6, 6.07) is 41.2. The third-order valence-corrected chi connectivity index (χ3v) is 9.35. The molecule has 0 radical (unpaired) electrons. The van der Waals surface area contributed by atoms with Gasteiger partial charge in [-0.1, -0.05) is 155 Å². The summed E-state index contributed by atoms with van der Waals surface area (Å²) in [5.41, 5.74) is 3.47. The zero-order valence-electron chi connectivity index (χ0n) is 30.2. The molecule has 0 unspecified atom stereocenters. The van der Waals surface area contributed by atoms with Crippen LogP contribution < -0.4 is 0 Å². The third-order valence-electron chi connectivity index (χ3n) is 9.35. The third kappa shape index (κ3) is 10.3. The molecule has 1 aliphatic rings. The van der Waals surface area contributed by atoms with Gasteiger partial charge in [0.1, 0.15) is 36.1 Å². The highest BCUT2D eigenvalue weighted by atomic mass is 16.6. The summed E-state index contributed by atoms with van der Waals surface area (Å²) < 4.78 is 42.3. The summed E-state index contributed by atoms with van der Waals surface area (Å²) >= 11 is 0. The van der Waals surface area contributed by atoms with Crippen molar-refractivity contribution in [3.63, 3.8) is 0 Å². The highest BCUT2D eigenvalue weighted by Crippen LogP contribution is 2.45. The monoisotopic (exact) mass is 680 g/mol. The zero-order chi connectivity index (χ0) is 34.9. The molecule has 0 saturated heterocycles. The molecule has 0 aliphatic heterocycles. The fourth-order valence-electron chi connectivity index (χ4n) is 6.90. The predicted octanol–water partition coefficient (Wildman–Crippen LogP) is 9.49. The number of rotatable bonds is 21. The van der Waals surface area contributed by atoms with E-state index in [2.05, 4.69) is 69.3 Å². The molecule has 1 saturated carbocycles. The highest BCUT2D eigenvalue weighted by Gasteiger charge is 2.63. The Morgan fingerprint density at radius 1 is 0.420 bits per heavy atom. The first-order chi connectivity index (χ1) is 24.7. The van der Waals surface area contributed by atoms with Gasteiger partial charge in [-0.3, -0.25) is 0 Å². The summed E-state index contributed by atoms with van der Waals surface area (Å²) in [4.78, 5) is 0. The Balaban J connectivity index is 1.63. The molecule has 0 spiro atoms. The smallest absolute Gasteiger partial charge is 0.126 e. The Kier molecular flexibility index (Phi) is 15.5. The van der Waals surface area contributed by atoms with Gasteiger partial charge in [-0.2, -0.15) is 0 Å². The summed E-state index contributed by atoms with van der Waals surface area (Å²) in [6.07, 6.45) is 1.85. The summed E-state index contributed by atoms with van der Waals surface area (Å²) in [5, 5.41) is 0. The van der Waals surface area contributed by atoms with Crippen molar-refractivity contribution in [1.29, 1.82) is 0 Å². The number of unbranched alkanes of at least 4 members (excludes halogenated alkanes) is 1. The van der Waals surface area contributed by atoms with Crippen molar-refractivity contribution in [3.05, 3.63) is 144 Å². The molecule has 268 valence electrons. The minimum Gasteiger partial charge on any atom is -0.372 e. The first kappa shape index (κ1) is 37.9. The molecule has 0 amide bonds. The van der Waals surface area contributed by atoms with Gasteiger partial charge >= 0.3 is 0 Å². The first-order valence-electron chi connectivity index (χ1n) is 18.6. The van der Waals surface area contributed by atoms with Crippen LogP contribution in [0.5, 0.6) is 0 Å². The van der Waals surface area contributed by atoms with Crippen molar-refractivity contribution in [3.8, 4) is 0 Å². The average Bonchev–Trinajstić information content (AvgIpc) is 3.16. The molecular formula is C44H56O6. The molecule has 1 aliphatic carbocycles. The van der Waals surface area contributed by atoms with E-state index in [0.29, 0.717) is 46.1 Å². The zero-order valence-corrected chi connectivity index (χ0v) is 30.2. The van der Waals surface area contributed by atoms with Crippen LogP contribution >= 0.6 is 0 Å². The molecule has 6 heteroatoms. The molecule has 4 aromatic carbocycles. The highest BCUT2D eigenvalue weighted by molar-refractivity contribution is 5.19. The Morgan fingerprint density at radius 3 is 1.22 bits per heavy atom. The molecule has 50 heavy (non-hydrogen) atoms. The van der Waals surface area contributed by atoms with Gasteiger partial charge in [-0.15, -0.1) is 0 Å². The number of benzene rings is 4.